The molecule has 1 aromatic carbocycles. The average Bonchev–Trinajstić information content (AvgIpc) is 2.75. The number of hydrogen-bond donors (Lipinski definition) is 1. The Labute approximate surface area is 95.5 Å². The molecule has 0 spiro atoms. The first-order valence-corrected chi connectivity index (χ1v) is 5.40. The van der Waals surface area contributed by atoms with E-state index in [0.29, 0.717) is 6.04 Å². The van der Waals surface area contributed by atoms with Crippen molar-refractivity contribution in [2.24, 2.45) is 0 Å². The predicted molar refractivity (Wildman–Crippen MR) is 64.2 cm³/mol. The van der Waals surface area contributed by atoms with Crippen LogP contribution in [0.1, 0.15) is 24.2 Å². The lowest BCUT2D eigenvalue weighted by molar-refractivity contribution is 0.571. The highest BCUT2D eigenvalue weighted by atomic mass is 16.3. The lowest BCUT2D eigenvalue weighted by Gasteiger charge is -2.10. The van der Waals surface area contributed by atoms with Crippen LogP contribution in [0.25, 0.3) is 11.3 Å². The molecule has 0 aliphatic carbocycles. The fraction of sp³-hybridized carbons (Fsp3) is 0.308. The highest BCUT2D eigenvalue weighted by Gasteiger charge is 2.07. The van der Waals surface area contributed by atoms with Crippen LogP contribution in [0, 0.1) is 6.92 Å². The van der Waals surface area contributed by atoms with Gasteiger partial charge in [-0.3, -0.25) is 0 Å². The van der Waals surface area contributed by atoms with Crippen LogP contribution in [0.2, 0.25) is 0 Å². The molecule has 3 heteroatoms. The van der Waals surface area contributed by atoms with E-state index in [9.17, 15) is 0 Å². The van der Waals surface area contributed by atoms with Gasteiger partial charge in [-0.25, -0.2) is 4.98 Å². The Bertz CT molecular complexity index is 459. The second kappa shape index (κ2) is 4.49. The van der Waals surface area contributed by atoms with Crippen LogP contribution in [0.3, 0.4) is 0 Å². The second-order valence-electron chi connectivity index (χ2n) is 3.90. The van der Waals surface area contributed by atoms with Gasteiger partial charge in [0, 0.05) is 11.6 Å². The first-order valence-electron chi connectivity index (χ1n) is 5.40. The third-order valence-electron chi connectivity index (χ3n) is 2.85. The molecule has 0 saturated carbocycles. The number of nitrogens with one attached hydrogen (secondary N) is 1. The van der Waals surface area contributed by atoms with Crippen LogP contribution in [-0.2, 0) is 0 Å². The van der Waals surface area contributed by atoms with E-state index in [1.54, 1.807) is 0 Å². The number of aryl methyl sites for hydroxylation is 1. The molecule has 2 rings (SSSR count). The minimum atomic E-state index is 0.366. The third kappa shape index (κ3) is 1.99. The Hall–Kier alpha value is -1.61. The molecule has 0 aliphatic rings. The lowest BCUT2D eigenvalue weighted by Crippen LogP contribution is -2.11. The zero-order valence-electron chi connectivity index (χ0n) is 9.82. The molecule has 1 atom stereocenters. The van der Waals surface area contributed by atoms with E-state index in [0.717, 1.165) is 17.0 Å². The fourth-order valence-corrected chi connectivity index (χ4v) is 1.67. The minimum absolute atomic E-state index is 0.366. The van der Waals surface area contributed by atoms with E-state index >= 15 is 0 Å². The summed E-state index contributed by atoms with van der Waals surface area (Å²) in [5.74, 6) is 0.851. The molecule has 0 amide bonds. The molecule has 0 aliphatic heterocycles. The number of aromatic nitrogens is 1. The number of nitrogens with zero attached hydrogens (tertiary/aromatic N) is 1. The largest absolute Gasteiger partial charge is 0.443 e. The summed E-state index contributed by atoms with van der Waals surface area (Å²) in [5.41, 5.74) is 3.26. The van der Waals surface area contributed by atoms with Crippen molar-refractivity contribution in [3.05, 3.63) is 41.9 Å². The minimum Gasteiger partial charge on any atom is -0.443 e. The molecule has 1 heterocycles. The van der Waals surface area contributed by atoms with Gasteiger partial charge in [-0.1, -0.05) is 24.3 Å². The van der Waals surface area contributed by atoms with Crippen LogP contribution in [0.4, 0.5) is 0 Å². The molecule has 1 aromatic heterocycles. The zero-order chi connectivity index (χ0) is 11.5. The van der Waals surface area contributed by atoms with Gasteiger partial charge in [0.1, 0.15) is 0 Å². The topological polar surface area (TPSA) is 38.1 Å². The molecule has 3 nitrogen and oxygen atoms in total. The Balaban J connectivity index is 2.30. The third-order valence-corrected chi connectivity index (χ3v) is 2.85. The summed E-state index contributed by atoms with van der Waals surface area (Å²) in [6, 6.07) is 8.72. The number of benzene rings is 1. The summed E-state index contributed by atoms with van der Waals surface area (Å²) in [7, 11) is 1.96. The molecule has 84 valence electrons. The molecule has 0 bridgehead atoms. The van der Waals surface area contributed by atoms with Crippen molar-refractivity contribution in [1.29, 1.82) is 0 Å². The van der Waals surface area contributed by atoms with Gasteiger partial charge in [-0.2, -0.15) is 0 Å². The normalized spacial score (nSPS) is 12.7. The molecule has 2 aromatic rings. The second-order valence-corrected chi connectivity index (χ2v) is 3.90. The van der Waals surface area contributed by atoms with Gasteiger partial charge in [0.2, 0.25) is 0 Å². The first kappa shape index (κ1) is 10.9. The van der Waals surface area contributed by atoms with Crippen molar-refractivity contribution in [3.63, 3.8) is 0 Å². The molecule has 1 unspecified atom stereocenters. The number of rotatable bonds is 3. The maximum absolute atomic E-state index is 5.35. The quantitative estimate of drug-likeness (QED) is 0.857. The Morgan fingerprint density at radius 1 is 1.25 bits per heavy atom. The van der Waals surface area contributed by atoms with Crippen molar-refractivity contribution < 1.29 is 4.42 Å². The maximum Gasteiger partial charge on any atom is 0.181 e. The van der Waals surface area contributed by atoms with Gasteiger partial charge in [0.25, 0.3) is 0 Å². The van der Waals surface area contributed by atoms with Gasteiger partial charge in [-0.15, -0.1) is 0 Å². The lowest BCUT2D eigenvalue weighted by atomic mass is 10.0. The first-order chi connectivity index (χ1) is 7.72. The van der Waals surface area contributed by atoms with Crippen molar-refractivity contribution >= 4 is 0 Å². The summed E-state index contributed by atoms with van der Waals surface area (Å²) in [6.45, 7) is 4.08. The number of oxazole rings is 1. The van der Waals surface area contributed by atoms with Crippen molar-refractivity contribution in [1.82, 2.24) is 10.3 Å². The van der Waals surface area contributed by atoms with Crippen LogP contribution in [-0.4, -0.2) is 12.0 Å². The van der Waals surface area contributed by atoms with Crippen LogP contribution in [0.15, 0.2) is 35.1 Å². The van der Waals surface area contributed by atoms with E-state index < -0.39 is 0 Å². The Morgan fingerprint density at radius 2 is 1.94 bits per heavy atom. The van der Waals surface area contributed by atoms with E-state index in [2.05, 4.69) is 41.5 Å². The molecule has 16 heavy (non-hydrogen) atoms. The molecule has 0 radical (unpaired) electrons. The summed E-state index contributed by atoms with van der Waals surface area (Å²) in [6.07, 6.45) is 1.48. The molecule has 1 N–H and O–H groups in total. The highest BCUT2D eigenvalue weighted by molar-refractivity contribution is 5.59. The van der Waals surface area contributed by atoms with Gasteiger partial charge < -0.3 is 9.73 Å². The average molecular weight is 216 g/mol. The molecule has 0 fully saturated rings. The number of hydrogen-bond acceptors (Lipinski definition) is 3. The maximum atomic E-state index is 5.35. The van der Waals surface area contributed by atoms with Crippen molar-refractivity contribution in [3.8, 4) is 11.3 Å². The van der Waals surface area contributed by atoms with Crippen LogP contribution >= 0.6 is 0 Å². The Kier molecular flexibility index (Phi) is 3.06. The van der Waals surface area contributed by atoms with Gasteiger partial charge in [0.05, 0.1) is 5.69 Å². The smallest absolute Gasteiger partial charge is 0.181 e. The van der Waals surface area contributed by atoms with E-state index in [1.807, 2.05) is 14.0 Å². The summed E-state index contributed by atoms with van der Waals surface area (Å²) in [4.78, 5) is 4.09. The van der Waals surface area contributed by atoms with E-state index in [-0.39, 0.29) is 0 Å². The zero-order valence-corrected chi connectivity index (χ0v) is 9.82. The summed E-state index contributed by atoms with van der Waals surface area (Å²) < 4.78 is 5.35. The molecular formula is C13H16N2O. The van der Waals surface area contributed by atoms with Crippen LogP contribution < -0.4 is 5.32 Å². The van der Waals surface area contributed by atoms with E-state index in [1.165, 1.54) is 12.0 Å². The molecule has 0 saturated heterocycles. The van der Waals surface area contributed by atoms with Gasteiger partial charge in [0.15, 0.2) is 12.2 Å². The highest BCUT2D eigenvalue weighted by Crippen LogP contribution is 2.24. The monoisotopic (exact) mass is 216 g/mol. The van der Waals surface area contributed by atoms with Gasteiger partial charge in [-0.05, 0) is 26.5 Å². The fourth-order valence-electron chi connectivity index (χ4n) is 1.67. The standard InChI is InChI=1S/C13H16N2O/c1-9(14-3)11-4-6-12(7-5-11)13-10(2)15-8-16-13/h4-9,14H,1-3H3. The van der Waals surface area contributed by atoms with Crippen molar-refractivity contribution in [2.45, 2.75) is 19.9 Å². The summed E-state index contributed by atoms with van der Waals surface area (Å²) in [5, 5.41) is 3.21. The van der Waals surface area contributed by atoms with Gasteiger partial charge >= 0.3 is 0 Å². The van der Waals surface area contributed by atoms with E-state index in [4.69, 9.17) is 4.42 Å². The van der Waals surface area contributed by atoms with Crippen LogP contribution in [0.5, 0.6) is 0 Å². The summed E-state index contributed by atoms with van der Waals surface area (Å²) >= 11 is 0. The van der Waals surface area contributed by atoms with Crippen molar-refractivity contribution in [2.75, 3.05) is 7.05 Å². The Morgan fingerprint density at radius 3 is 2.44 bits per heavy atom. The SMILES string of the molecule is CNC(C)c1ccc(-c2ocnc2C)cc1. The molecular weight excluding hydrogens is 200 g/mol. The predicted octanol–water partition coefficient (Wildman–Crippen LogP) is 2.93.